The van der Waals surface area contributed by atoms with E-state index in [0.717, 1.165) is 5.56 Å². The SMILES string of the molecule is FC(F)Oc1ccc(CNC2CC(F)(F)C2)cc1. The standard InChI is InChI=1S/C12H13F4NO/c13-11(14)18-10-3-1-8(2-4-10)7-17-9-5-12(15,16)6-9/h1-4,9,11,17H,5-7H2. The van der Waals surface area contributed by atoms with Gasteiger partial charge in [-0.15, -0.1) is 0 Å². The van der Waals surface area contributed by atoms with E-state index < -0.39 is 12.5 Å². The maximum absolute atomic E-state index is 12.6. The molecule has 0 radical (unpaired) electrons. The van der Waals surface area contributed by atoms with Crippen LogP contribution in [0.25, 0.3) is 0 Å². The van der Waals surface area contributed by atoms with Gasteiger partial charge in [0.15, 0.2) is 0 Å². The van der Waals surface area contributed by atoms with Crippen LogP contribution in [0, 0.1) is 0 Å². The fourth-order valence-electron chi connectivity index (χ4n) is 1.86. The number of halogens is 4. The van der Waals surface area contributed by atoms with Crippen molar-refractivity contribution in [3.05, 3.63) is 29.8 Å². The predicted octanol–water partition coefficient (Wildman–Crippen LogP) is 3.18. The van der Waals surface area contributed by atoms with Crippen molar-refractivity contribution >= 4 is 0 Å². The largest absolute Gasteiger partial charge is 0.435 e. The van der Waals surface area contributed by atoms with Crippen molar-refractivity contribution in [2.45, 2.75) is 38.0 Å². The Hall–Kier alpha value is -1.30. The zero-order valence-electron chi connectivity index (χ0n) is 9.51. The van der Waals surface area contributed by atoms with Crippen molar-refractivity contribution < 1.29 is 22.3 Å². The molecule has 18 heavy (non-hydrogen) atoms. The summed E-state index contributed by atoms with van der Waals surface area (Å²) in [6, 6.07) is 5.94. The Morgan fingerprint density at radius 2 is 1.83 bits per heavy atom. The summed E-state index contributed by atoms with van der Waals surface area (Å²) in [7, 11) is 0. The lowest BCUT2D eigenvalue weighted by atomic mass is 9.88. The normalized spacial score (nSPS) is 18.7. The maximum Gasteiger partial charge on any atom is 0.387 e. The van der Waals surface area contributed by atoms with Gasteiger partial charge in [-0.1, -0.05) is 12.1 Å². The van der Waals surface area contributed by atoms with Crippen molar-refractivity contribution in [3.8, 4) is 5.75 Å². The van der Waals surface area contributed by atoms with Gasteiger partial charge in [-0.2, -0.15) is 8.78 Å². The Morgan fingerprint density at radius 1 is 1.22 bits per heavy atom. The lowest BCUT2D eigenvalue weighted by Gasteiger charge is -2.35. The Kier molecular flexibility index (Phi) is 3.75. The molecule has 0 saturated heterocycles. The fraction of sp³-hybridized carbons (Fsp3) is 0.500. The van der Waals surface area contributed by atoms with Crippen LogP contribution in [0.4, 0.5) is 17.6 Å². The quantitative estimate of drug-likeness (QED) is 0.824. The van der Waals surface area contributed by atoms with E-state index >= 15 is 0 Å². The molecule has 1 aromatic carbocycles. The van der Waals surface area contributed by atoms with Gasteiger partial charge in [-0.3, -0.25) is 0 Å². The lowest BCUT2D eigenvalue weighted by molar-refractivity contribution is -0.0930. The molecule has 0 spiro atoms. The van der Waals surface area contributed by atoms with Crippen molar-refractivity contribution in [1.29, 1.82) is 0 Å². The average molecular weight is 263 g/mol. The van der Waals surface area contributed by atoms with Crippen molar-refractivity contribution in [1.82, 2.24) is 5.32 Å². The average Bonchev–Trinajstić information content (AvgIpc) is 2.24. The summed E-state index contributed by atoms with van der Waals surface area (Å²) in [5, 5.41) is 2.98. The molecule has 0 amide bonds. The maximum atomic E-state index is 12.6. The predicted molar refractivity (Wildman–Crippen MR) is 57.9 cm³/mol. The van der Waals surface area contributed by atoms with Gasteiger partial charge in [0.05, 0.1) is 0 Å². The fourth-order valence-corrected chi connectivity index (χ4v) is 1.86. The summed E-state index contributed by atoms with van der Waals surface area (Å²) < 4.78 is 53.1. The number of ether oxygens (including phenoxy) is 1. The Labute approximate surface area is 102 Å². The van der Waals surface area contributed by atoms with E-state index in [4.69, 9.17) is 0 Å². The van der Waals surface area contributed by atoms with Crippen LogP contribution in [0.5, 0.6) is 5.75 Å². The molecule has 0 aromatic heterocycles. The zero-order valence-corrected chi connectivity index (χ0v) is 9.51. The Balaban J connectivity index is 1.77. The van der Waals surface area contributed by atoms with E-state index in [2.05, 4.69) is 10.1 Å². The molecule has 0 atom stereocenters. The van der Waals surface area contributed by atoms with Crippen molar-refractivity contribution in [2.24, 2.45) is 0 Å². The summed E-state index contributed by atoms with van der Waals surface area (Å²) in [6.07, 6.45) is -0.279. The first-order valence-corrected chi connectivity index (χ1v) is 5.59. The van der Waals surface area contributed by atoms with E-state index in [9.17, 15) is 17.6 Å². The highest BCUT2D eigenvalue weighted by molar-refractivity contribution is 5.27. The smallest absolute Gasteiger partial charge is 0.387 e. The third-order valence-corrected chi connectivity index (χ3v) is 2.83. The van der Waals surface area contributed by atoms with Crippen molar-refractivity contribution in [3.63, 3.8) is 0 Å². The van der Waals surface area contributed by atoms with Crippen LogP contribution < -0.4 is 10.1 Å². The molecule has 0 bridgehead atoms. The number of rotatable bonds is 5. The minimum Gasteiger partial charge on any atom is -0.435 e. The molecule has 1 N–H and O–H groups in total. The van der Waals surface area contributed by atoms with Crippen LogP contribution in [0.2, 0.25) is 0 Å². The molecule has 1 saturated carbocycles. The molecule has 0 heterocycles. The van der Waals surface area contributed by atoms with Gasteiger partial charge >= 0.3 is 6.61 Å². The van der Waals surface area contributed by atoms with E-state index in [1.807, 2.05) is 0 Å². The Bertz CT molecular complexity index is 386. The monoisotopic (exact) mass is 263 g/mol. The van der Waals surface area contributed by atoms with Gasteiger partial charge in [0, 0.05) is 25.4 Å². The van der Waals surface area contributed by atoms with Crippen LogP contribution >= 0.6 is 0 Å². The van der Waals surface area contributed by atoms with Crippen LogP contribution in [0.1, 0.15) is 18.4 Å². The van der Waals surface area contributed by atoms with Gasteiger partial charge in [-0.05, 0) is 17.7 Å². The van der Waals surface area contributed by atoms with E-state index in [1.54, 1.807) is 12.1 Å². The van der Waals surface area contributed by atoms with Crippen LogP contribution in [0.3, 0.4) is 0 Å². The lowest BCUT2D eigenvalue weighted by Crippen LogP contribution is -2.48. The number of alkyl halides is 4. The topological polar surface area (TPSA) is 21.3 Å². The molecular formula is C12H13F4NO. The molecule has 1 aliphatic rings. The van der Waals surface area contributed by atoms with Gasteiger partial charge in [0.2, 0.25) is 0 Å². The summed E-state index contributed by atoms with van der Waals surface area (Å²) in [6.45, 7) is -2.40. The third kappa shape index (κ3) is 3.60. The first kappa shape index (κ1) is 13.1. The van der Waals surface area contributed by atoms with E-state index in [1.165, 1.54) is 12.1 Å². The molecule has 0 aliphatic heterocycles. The molecule has 2 nitrogen and oxygen atoms in total. The van der Waals surface area contributed by atoms with Gasteiger partial charge in [0.25, 0.3) is 5.92 Å². The Morgan fingerprint density at radius 3 is 2.33 bits per heavy atom. The number of benzene rings is 1. The number of hydrogen-bond acceptors (Lipinski definition) is 2. The van der Waals surface area contributed by atoms with Crippen LogP contribution in [0.15, 0.2) is 24.3 Å². The molecule has 6 heteroatoms. The van der Waals surface area contributed by atoms with Gasteiger partial charge < -0.3 is 10.1 Å². The zero-order chi connectivity index (χ0) is 13.2. The third-order valence-electron chi connectivity index (χ3n) is 2.83. The second-order valence-electron chi connectivity index (χ2n) is 4.36. The summed E-state index contributed by atoms with van der Waals surface area (Å²) in [4.78, 5) is 0. The minimum atomic E-state index is -2.84. The van der Waals surface area contributed by atoms with Crippen LogP contribution in [-0.4, -0.2) is 18.6 Å². The van der Waals surface area contributed by atoms with Crippen LogP contribution in [-0.2, 0) is 6.54 Å². The first-order valence-electron chi connectivity index (χ1n) is 5.59. The summed E-state index contributed by atoms with van der Waals surface area (Å²) in [5.74, 6) is -2.45. The van der Waals surface area contributed by atoms with E-state index in [-0.39, 0.29) is 24.6 Å². The van der Waals surface area contributed by atoms with Gasteiger partial charge in [-0.25, -0.2) is 8.78 Å². The van der Waals surface area contributed by atoms with Gasteiger partial charge in [0.1, 0.15) is 5.75 Å². The molecule has 2 rings (SSSR count). The first-order chi connectivity index (χ1) is 8.44. The highest BCUT2D eigenvalue weighted by atomic mass is 19.3. The molecule has 1 fully saturated rings. The highest BCUT2D eigenvalue weighted by Gasteiger charge is 2.44. The number of nitrogens with one attached hydrogen (secondary N) is 1. The molecule has 0 unspecified atom stereocenters. The number of hydrogen-bond donors (Lipinski definition) is 1. The van der Waals surface area contributed by atoms with Crippen molar-refractivity contribution in [2.75, 3.05) is 0 Å². The van der Waals surface area contributed by atoms with E-state index in [0.29, 0.717) is 6.54 Å². The molecular weight excluding hydrogens is 250 g/mol. The summed E-state index contributed by atoms with van der Waals surface area (Å²) >= 11 is 0. The second-order valence-corrected chi connectivity index (χ2v) is 4.36. The highest BCUT2D eigenvalue weighted by Crippen LogP contribution is 2.37. The molecule has 1 aromatic rings. The minimum absolute atomic E-state index is 0.0870. The molecule has 100 valence electrons. The molecule has 1 aliphatic carbocycles. The summed E-state index contributed by atoms with van der Waals surface area (Å²) in [5.41, 5.74) is 0.840. The second kappa shape index (κ2) is 5.14.